The third-order valence-electron chi connectivity index (χ3n) is 4.14. The van der Waals surface area contributed by atoms with Crippen LogP contribution in [0.4, 0.5) is 23.7 Å². The molecule has 162 valence electrons. The van der Waals surface area contributed by atoms with E-state index in [4.69, 9.17) is 0 Å². The van der Waals surface area contributed by atoms with E-state index < -0.39 is 11.7 Å². The van der Waals surface area contributed by atoms with E-state index in [1.807, 2.05) is 0 Å². The Bertz CT molecular complexity index is 1090. The first-order valence-corrected chi connectivity index (χ1v) is 10.6. The van der Waals surface area contributed by atoms with E-state index in [9.17, 15) is 22.8 Å². The summed E-state index contributed by atoms with van der Waals surface area (Å²) in [5.74, 6) is -0.363. The highest BCUT2D eigenvalue weighted by molar-refractivity contribution is 8.13. The quantitative estimate of drug-likeness (QED) is 0.469. The van der Waals surface area contributed by atoms with Gasteiger partial charge in [-0.15, -0.1) is 11.3 Å². The first kappa shape index (κ1) is 22.8. The highest BCUT2D eigenvalue weighted by atomic mass is 32.2. The van der Waals surface area contributed by atoms with Gasteiger partial charge in [-0.25, -0.2) is 4.98 Å². The molecule has 31 heavy (non-hydrogen) atoms. The van der Waals surface area contributed by atoms with Crippen molar-refractivity contribution in [1.82, 2.24) is 9.88 Å². The van der Waals surface area contributed by atoms with E-state index in [-0.39, 0.29) is 11.1 Å². The number of hydrogen-bond donors (Lipinski definition) is 1. The van der Waals surface area contributed by atoms with Crippen LogP contribution in [0.3, 0.4) is 0 Å². The number of nitrogens with one attached hydrogen (secondary N) is 1. The minimum absolute atomic E-state index is 0.104. The Morgan fingerprint density at radius 1 is 1.03 bits per heavy atom. The Labute approximate surface area is 185 Å². The molecule has 0 aliphatic carbocycles. The van der Waals surface area contributed by atoms with Gasteiger partial charge < -0.3 is 10.2 Å². The lowest BCUT2D eigenvalue weighted by Gasteiger charge is -2.09. The molecule has 0 radical (unpaired) electrons. The SMILES string of the molecule is Cc1nc(-c2ccc(C(F)(F)F)cc2)sc1C(=O)Nc1ccc(SC(=O)N(C)C)cc1. The minimum atomic E-state index is -4.41. The van der Waals surface area contributed by atoms with Gasteiger partial charge in [-0.2, -0.15) is 13.2 Å². The third-order valence-corrected chi connectivity index (χ3v) is 6.40. The Morgan fingerprint density at radius 3 is 2.19 bits per heavy atom. The molecular weight excluding hydrogens is 447 g/mol. The number of anilines is 1. The van der Waals surface area contributed by atoms with Crippen LogP contribution in [0.2, 0.25) is 0 Å². The number of hydrogen-bond acceptors (Lipinski definition) is 5. The van der Waals surface area contributed by atoms with Crippen molar-refractivity contribution < 1.29 is 22.8 Å². The van der Waals surface area contributed by atoms with Gasteiger partial charge in [0.15, 0.2) is 0 Å². The van der Waals surface area contributed by atoms with Crippen molar-refractivity contribution in [2.75, 3.05) is 19.4 Å². The highest BCUT2D eigenvalue weighted by Gasteiger charge is 2.30. The molecule has 1 N–H and O–H groups in total. The van der Waals surface area contributed by atoms with Crippen LogP contribution in [0.25, 0.3) is 10.6 Å². The molecule has 0 saturated heterocycles. The van der Waals surface area contributed by atoms with Gasteiger partial charge in [0.05, 0.1) is 11.3 Å². The number of carbonyl (C=O) groups excluding carboxylic acids is 2. The zero-order valence-electron chi connectivity index (χ0n) is 16.8. The number of aryl methyl sites for hydroxylation is 1. The lowest BCUT2D eigenvalue weighted by molar-refractivity contribution is -0.137. The Balaban J connectivity index is 1.72. The Morgan fingerprint density at radius 2 is 1.65 bits per heavy atom. The standard InChI is InChI=1S/C21H18F3N3O2S2/c1-12-17(31-19(25-12)13-4-6-14(7-5-13)21(22,23)24)18(28)26-15-8-10-16(11-9-15)30-20(29)27(2)3/h4-11H,1-3H3,(H,26,28). The second-order valence-electron chi connectivity index (χ2n) is 6.75. The van der Waals surface area contributed by atoms with Crippen molar-refractivity contribution in [2.24, 2.45) is 0 Å². The molecule has 2 amide bonds. The van der Waals surface area contributed by atoms with Gasteiger partial charge in [-0.05, 0) is 55.1 Å². The summed E-state index contributed by atoms with van der Waals surface area (Å²) >= 11 is 2.19. The number of alkyl halides is 3. The normalized spacial score (nSPS) is 11.3. The number of halogens is 3. The number of rotatable bonds is 4. The van der Waals surface area contributed by atoms with Crippen molar-refractivity contribution in [3.8, 4) is 10.6 Å². The number of aromatic nitrogens is 1. The van der Waals surface area contributed by atoms with Crippen molar-refractivity contribution in [3.05, 3.63) is 64.7 Å². The largest absolute Gasteiger partial charge is 0.416 e. The number of nitrogens with zero attached hydrogens (tertiary/aromatic N) is 2. The molecule has 0 bridgehead atoms. The number of thiazole rings is 1. The van der Waals surface area contributed by atoms with Gasteiger partial charge in [-0.1, -0.05) is 12.1 Å². The summed E-state index contributed by atoms with van der Waals surface area (Å²) in [6.45, 7) is 1.67. The van der Waals surface area contributed by atoms with Crippen LogP contribution in [-0.4, -0.2) is 35.1 Å². The average Bonchev–Trinajstić information content (AvgIpc) is 3.10. The van der Waals surface area contributed by atoms with Crippen molar-refractivity contribution in [1.29, 1.82) is 0 Å². The summed E-state index contributed by atoms with van der Waals surface area (Å²) in [4.78, 5) is 31.3. The molecule has 0 unspecified atom stereocenters. The van der Waals surface area contributed by atoms with Crippen LogP contribution in [0.15, 0.2) is 53.4 Å². The van der Waals surface area contributed by atoms with Gasteiger partial charge in [0.2, 0.25) is 0 Å². The summed E-state index contributed by atoms with van der Waals surface area (Å²) < 4.78 is 38.2. The molecule has 5 nitrogen and oxygen atoms in total. The maximum Gasteiger partial charge on any atom is 0.416 e. The average molecular weight is 466 g/mol. The van der Waals surface area contributed by atoms with Gasteiger partial charge in [0, 0.05) is 30.2 Å². The number of thioether (sulfide) groups is 1. The number of amides is 2. The zero-order chi connectivity index (χ0) is 22.8. The first-order valence-electron chi connectivity index (χ1n) is 9.00. The smallest absolute Gasteiger partial charge is 0.339 e. The van der Waals surface area contributed by atoms with E-state index >= 15 is 0 Å². The molecule has 0 spiro atoms. The van der Waals surface area contributed by atoms with Crippen molar-refractivity contribution in [2.45, 2.75) is 18.0 Å². The van der Waals surface area contributed by atoms with E-state index in [0.29, 0.717) is 26.8 Å². The molecule has 0 fully saturated rings. The molecule has 10 heteroatoms. The molecule has 0 aliphatic heterocycles. The topological polar surface area (TPSA) is 62.3 Å². The summed E-state index contributed by atoms with van der Waals surface area (Å²) in [5, 5.41) is 3.13. The number of benzene rings is 2. The van der Waals surface area contributed by atoms with Crippen LogP contribution in [0.1, 0.15) is 20.9 Å². The predicted octanol–water partition coefficient (Wildman–Crippen LogP) is 6.16. The van der Waals surface area contributed by atoms with Crippen LogP contribution in [0.5, 0.6) is 0 Å². The molecule has 0 aliphatic rings. The lowest BCUT2D eigenvalue weighted by Crippen LogP contribution is -2.16. The monoisotopic (exact) mass is 465 g/mol. The van der Waals surface area contributed by atoms with E-state index in [1.54, 1.807) is 45.3 Å². The number of carbonyl (C=O) groups is 2. The summed E-state index contributed by atoms with van der Waals surface area (Å²) in [6.07, 6.45) is -4.41. The first-order chi connectivity index (χ1) is 14.5. The molecule has 3 aromatic rings. The van der Waals surface area contributed by atoms with Gasteiger partial charge in [-0.3, -0.25) is 9.59 Å². The minimum Gasteiger partial charge on any atom is -0.339 e. The molecule has 1 heterocycles. The van der Waals surface area contributed by atoms with Crippen LogP contribution >= 0.6 is 23.1 Å². The second-order valence-corrected chi connectivity index (χ2v) is 8.77. The molecule has 3 rings (SSSR count). The summed E-state index contributed by atoms with van der Waals surface area (Å²) in [7, 11) is 3.33. The Hall–Kier alpha value is -2.85. The molecule has 2 aromatic carbocycles. The fourth-order valence-corrected chi connectivity index (χ4v) is 4.14. The van der Waals surface area contributed by atoms with Crippen LogP contribution in [0, 0.1) is 6.92 Å². The van der Waals surface area contributed by atoms with Gasteiger partial charge in [0.1, 0.15) is 9.88 Å². The van der Waals surface area contributed by atoms with E-state index in [1.165, 1.54) is 17.0 Å². The molecule has 0 saturated carbocycles. The molecular formula is C21H18F3N3O2S2. The van der Waals surface area contributed by atoms with Gasteiger partial charge in [0.25, 0.3) is 11.1 Å². The van der Waals surface area contributed by atoms with E-state index in [2.05, 4.69) is 10.3 Å². The predicted molar refractivity (Wildman–Crippen MR) is 117 cm³/mol. The maximum absolute atomic E-state index is 12.7. The van der Waals surface area contributed by atoms with Crippen LogP contribution in [-0.2, 0) is 6.18 Å². The van der Waals surface area contributed by atoms with Crippen molar-refractivity contribution in [3.63, 3.8) is 0 Å². The molecule has 0 atom stereocenters. The fourth-order valence-electron chi connectivity index (χ4n) is 2.52. The second kappa shape index (κ2) is 9.11. The highest BCUT2D eigenvalue weighted by Crippen LogP contribution is 2.33. The van der Waals surface area contributed by atoms with Crippen LogP contribution < -0.4 is 5.32 Å². The Kier molecular flexibility index (Phi) is 6.71. The maximum atomic E-state index is 12.7. The lowest BCUT2D eigenvalue weighted by atomic mass is 10.1. The zero-order valence-corrected chi connectivity index (χ0v) is 18.4. The van der Waals surface area contributed by atoms with Gasteiger partial charge >= 0.3 is 6.18 Å². The third kappa shape index (κ3) is 5.65. The van der Waals surface area contributed by atoms with Crippen molar-refractivity contribution >= 4 is 39.9 Å². The summed E-state index contributed by atoms with van der Waals surface area (Å²) in [6, 6.07) is 11.5. The van der Waals surface area contributed by atoms with E-state index in [0.717, 1.165) is 40.1 Å². The fraction of sp³-hybridized carbons (Fsp3) is 0.190. The summed E-state index contributed by atoms with van der Waals surface area (Å²) in [5.41, 5.74) is 0.806. The molecule has 1 aromatic heterocycles.